The number of unbranched alkanes of at least 4 members (excludes halogenated alkanes) is 6. The Morgan fingerprint density at radius 2 is 1.71 bits per heavy atom. The van der Waals surface area contributed by atoms with Gasteiger partial charge in [-0.15, -0.1) is 0 Å². The van der Waals surface area contributed by atoms with Crippen molar-refractivity contribution < 1.29 is 9.59 Å². The molecule has 34 heavy (non-hydrogen) atoms. The van der Waals surface area contributed by atoms with Gasteiger partial charge < -0.3 is 15.6 Å². The highest BCUT2D eigenvalue weighted by molar-refractivity contribution is 8.01. The maximum absolute atomic E-state index is 13.7. The highest BCUT2D eigenvalue weighted by Crippen LogP contribution is 2.47. The van der Waals surface area contributed by atoms with Crippen molar-refractivity contribution >= 4 is 34.6 Å². The van der Waals surface area contributed by atoms with E-state index in [9.17, 15) is 9.59 Å². The number of nitrogens with zero attached hydrogens (tertiary/aromatic N) is 1. The summed E-state index contributed by atoms with van der Waals surface area (Å²) in [5.74, 6) is -0.359. The minimum Gasteiger partial charge on any atom is -0.356 e. The lowest BCUT2D eigenvalue weighted by Gasteiger charge is -2.40. The molecule has 7 heteroatoms. The summed E-state index contributed by atoms with van der Waals surface area (Å²) in [7, 11) is 0. The molecule has 1 aromatic heterocycles. The molecule has 1 aromatic carbocycles. The molecule has 6 nitrogen and oxygen atoms in total. The first-order chi connectivity index (χ1) is 16.6. The number of rotatable bonds is 14. The number of fused-ring (bicyclic) bond motifs is 1. The van der Waals surface area contributed by atoms with Gasteiger partial charge in [0.05, 0.1) is 17.0 Å². The fraction of sp³-hybridized carbons (Fsp3) is 0.667. The van der Waals surface area contributed by atoms with E-state index in [4.69, 9.17) is 4.98 Å². The lowest BCUT2D eigenvalue weighted by molar-refractivity contribution is -0.134. The molecule has 1 aliphatic rings. The first-order valence-corrected chi connectivity index (χ1v) is 14.1. The van der Waals surface area contributed by atoms with Crippen LogP contribution < -0.4 is 10.6 Å². The molecule has 1 aliphatic carbocycles. The minimum absolute atomic E-state index is 0.0136. The van der Waals surface area contributed by atoms with Crippen molar-refractivity contribution in [1.82, 2.24) is 20.6 Å². The summed E-state index contributed by atoms with van der Waals surface area (Å²) in [5, 5.41) is 7.06. The van der Waals surface area contributed by atoms with Gasteiger partial charge in [0.15, 0.2) is 5.16 Å². The molecule has 2 aromatic rings. The molecule has 188 valence electrons. The van der Waals surface area contributed by atoms with Gasteiger partial charge in [-0.2, -0.15) is 0 Å². The quantitative estimate of drug-likeness (QED) is 0.287. The molecule has 1 fully saturated rings. The van der Waals surface area contributed by atoms with Crippen LogP contribution in [0, 0.1) is 5.92 Å². The van der Waals surface area contributed by atoms with E-state index in [0.717, 1.165) is 56.0 Å². The van der Waals surface area contributed by atoms with E-state index in [1.54, 1.807) is 0 Å². The van der Waals surface area contributed by atoms with Gasteiger partial charge in [0, 0.05) is 13.1 Å². The third-order valence-corrected chi connectivity index (χ3v) is 8.27. The number of hydrogen-bond donors (Lipinski definition) is 3. The third kappa shape index (κ3) is 7.00. The summed E-state index contributed by atoms with van der Waals surface area (Å²) in [6.07, 6.45) is 12.2. The summed E-state index contributed by atoms with van der Waals surface area (Å²) in [4.78, 5) is 35.3. The first kappa shape index (κ1) is 26.6. The number of H-pyrrole nitrogens is 1. The van der Waals surface area contributed by atoms with Gasteiger partial charge in [-0.1, -0.05) is 89.1 Å². The van der Waals surface area contributed by atoms with Crippen LogP contribution in [-0.2, 0) is 9.59 Å². The minimum atomic E-state index is -0.843. The number of imidazole rings is 1. The van der Waals surface area contributed by atoms with E-state index in [1.807, 2.05) is 24.3 Å². The second-order valence-corrected chi connectivity index (χ2v) is 10.8. The van der Waals surface area contributed by atoms with Gasteiger partial charge in [0.1, 0.15) is 4.75 Å². The van der Waals surface area contributed by atoms with Gasteiger partial charge >= 0.3 is 0 Å². The molecule has 0 bridgehead atoms. The van der Waals surface area contributed by atoms with E-state index in [0.29, 0.717) is 24.7 Å². The predicted octanol–water partition coefficient (Wildman–Crippen LogP) is 5.98. The average Bonchev–Trinajstić information content (AvgIpc) is 3.26. The number of thioether (sulfide) groups is 1. The van der Waals surface area contributed by atoms with Crippen molar-refractivity contribution in [3.05, 3.63) is 24.3 Å². The van der Waals surface area contributed by atoms with Crippen LogP contribution in [0.2, 0.25) is 0 Å². The van der Waals surface area contributed by atoms with Crippen molar-refractivity contribution in [1.29, 1.82) is 0 Å². The molecule has 1 saturated carbocycles. The maximum atomic E-state index is 13.7. The number of carbonyl (C=O) groups excluding carboxylic acids is 2. The summed E-state index contributed by atoms with van der Waals surface area (Å²) in [5.41, 5.74) is 1.83. The zero-order valence-corrected chi connectivity index (χ0v) is 21.8. The van der Waals surface area contributed by atoms with E-state index in [2.05, 4.69) is 29.5 Å². The Morgan fingerprint density at radius 3 is 2.41 bits per heavy atom. The lowest BCUT2D eigenvalue weighted by atomic mass is 9.77. The second-order valence-electron chi connectivity index (χ2n) is 9.52. The van der Waals surface area contributed by atoms with Crippen LogP contribution in [0.4, 0.5) is 0 Å². The van der Waals surface area contributed by atoms with Gasteiger partial charge in [0.2, 0.25) is 11.8 Å². The molecule has 0 aliphatic heterocycles. The summed E-state index contributed by atoms with van der Waals surface area (Å²) < 4.78 is -0.843. The summed E-state index contributed by atoms with van der Waals surface area (Å²) in [6.45, 7) is 5.71. The van der Waals surface area contributed by atoms with E-state index in [1.165, 1.54) is 37.4 Å². The molecular formula is C27H42N4O2S. The molecule has 2 atom stereocenters. The van der Waals surface area contributed by atoms with Crippen molar-refractivity contribution in [2.75, 3.05) is 13.1 Å². The molecule has 0 radical (unpaired) electrons. The number of hydrogen-bond acceptors (Lipinski definition) is 4. The average molecular weight is 487 g/mol. The largest absolute Gasteiger partial charge is 0.356 e. The van der Waals surface area contributed by atoms with Gasteiger partial charge in [-0.25, -0.2) is 4.98 Å². The fourth-order valence-corrected chi connectivity index (χ4v) is 6.30. The number of nitrogens with one attached hydrogen (secondary N) is 3. The van der Waals surface area contributed by atoms with Crippen LogP contribution in [0.15, 0.2) is 29.4 Å². The Balaban J connectivity index is 1.78. The lowest BCUT2D eigenvalue weighted by Crippen LogP contribution is -2.56. The molecule has 3 N–H and O–H groups in total. The smallest absolute Gasteiger partial charge is 0.237 e. The van der Waals surface area contributed by atoms with Crippen molar-refractivity contribution in [3.63, 3.8) is 0 Å². The third-order valence-electron chi connectivity index (χ3n) is 6.85. The summed E-state index contributed by atoms with van der Waals surface area (Å²) >= 11 is 1.46. The van der Waals surface area contributed by atoms with Crippen LogP contribution >= 0.6 is 11.8 Å². The Hall–Kier alpha value is -2.02. The molecule has 2 unspecified atom stereocenters. The van der Waals surface area contributed by atoms with Crippen molar-refractivity contribution in [2.24, 2.45) is 5.92 Å². The normalized spacial score (nSPS) is 20.4. The molecule has 3 rings (SSSR count). The van der Waals surface area contributed by atoms with Crippen LogP contribution in [0.25, 0.3) is 11.0 Å². The second kappa shape index (κ2) is 13.8. The number of benzene rings is 1. The van der Waals surface area contributed by atoms with Crippen LogP contribution in [0.5, 0.6) is 0 Å². The highest BCUT2D eigenvalue weighted by atomic mass is 32.2. The number of aromatic amines is 1. The Bertz CT molecular complexity index is 882. The van der Waals surface area contributed by atoms with Crippen LogP contribution in [0.3, 0.4) is 0 Å². The molecule has 0 spiro atoms. The number of aromatic nitrogens is 2. The van der Waals surface area contributed by atoms with Crippen LogP contribution in [0.1, 0.15) is 90.9 Å². The van der Waals surface area contributed by atoms with E-state index < -0.39 is 4.75 Å². The Labute approximate surface area is 208 Å². The number of amides is 2. The standard InChI is InChI=1S/C27H42N4O2S/c1-3-5-7-13-19-28-24(32)21-15-11-12-18-27(21,25(33)29-20-14-8-6-4-2)34-26-30-22-16-9-10-17-23(22)31-26/h9-10,16-17,21H,3-8,11-15,18-20H2,1-2H3,(H,28,32)(H,29,33)(H,30,31). The van der Waals surface area contributed by atoms with Gasteiger partial charge in [-0.05, 0) is 37.8 Å². The number of carbonyl (C=O) groups is 2. The molecule has 0 saturated heterocycles. The molecule has 2 amide bonds. The van der Waals surface area contributed by atoms with E-state index >= 15 is 0 Å². The van der Waals surface area contributed by atoms with Gasteiger partial charge in [-0.3, -0.25) is 9.59 Å². The highest BCUT2D eigenvalue weighted by Gasteiger charge is 2.51. The fourth-order valence-electron chi connectivity index (χ4n) is 4.87. The zero-order chi connectivity index (χ0) is 24.2. The summed E-state index contributed by atoms with van der Waals surface area (Å²) in [6, 6.07) is 7.90. The van der Waals surface area contributed by atoms with E-state index in [-0.39, 0.29) is 17.7 Å². The van der Waals surface area contributed by atoms with Crippen LogP contribution in [-0.4, -0.2) is 39.6 Å². The maximum Gasteiger partial charge on any atom is 0.237 e. The molecular weight excluding hydrogens is 444 g/mol. The Kier molecular flexibility index (Phi) is 10.8. The zero-order valence-electron chi connectivity index (χ0n) is 21.0. The first-order valence-electron chi connectivity index (χ1n) is 13.3. The topological polar surface area (TPSA) is 86.9 Å². The monoisotopic (exact) mass is 486 g/mol. The van der Waals surface area contributed by atoms with Gasteiger partial charge in [0.25, 0.3) is 0 Å². The van der Waals surface area contributed by atoms with Crippen molar-refractivity contribution in [3.8, 4) is 0 Å². The Morgan fingerprint density at radius 1 is 1.00 bits per heavy atom. The SMILES string of the molecule is CCCCCCNC(=O)C1CCCCC1(Sc1nc2ccccc2[nH]1)C(=O)NCCCCCC. The molecule has 1 heterocycles. The predicted molar refractivity (Wildman–Crippen MR) is 141 cm³/mol. The number of para-hydroxylation sites is 2. The van der Waals surface area contributed by atoms with Crippen molar-refractivity contribution in [2.45, 2.75) is 101 Å².